The van der Waals surface area contributed by atoms with Crippen LogP contribution in [0.3, 0.4) is 0 Å². The van der Waals surface area contributed by atoms with Gasteiger partial charge < -0.3 is 19.9 Å². The maximum Gasteiger partial charge on any atom is 0.573 e. The molecule has 0 aliphatic carbocycles. The van der Waals surface area contributed by atoms with E-state index in [1.807, 2.05) is 24.3 Å². The lowest BCUT2D eigenvalue weighted by molar-refractivity contribution is -0.892. The Balaban J connectivity index is 1.46. The summed E-state index contributed by atoms with van der Waals surface area (Å²) < 4.78 is 40.3. The molecule has 2 aromatic rings. The smallest absolute Gasteiger partial charge is 0.406 e. The Morgan fingerprint density at radius 2 is 1.82 bits per heavy atom. The Morgan fingerprint density at radius 1 is 1.14 bits per heavy atom. The minimum absolute atomic E-state index is 0.185. The molecule has 150 valence electrons. The molecule has 0 saturated carbocycles. The SMILES string of the molecule is O=C(C[NH+]1CCN(c2cccc(Cl)c2)CC1)Nc1ccc(OC(F)(F)F)cc1. The Kier molecular flexibility index (Phi) is 6.31. The zero-order valence-electron chi connectivity index (χ0n) is 14.9. The highest BCUT2D eigenvalue weighted by molar-refractivity contribution is 6.30. The molecule has 1 aliphatic rings. The summed E-state index contributed by atoms with van der Waals surface area (Å²) in [7, 11) is 0. The minimum Gasteiger partial charge on any atom is -0.406 e. The van der Waals surface area contributed by atoms with Crippen LogP contribution in [0.15, 0.2) is 48.5 Å². The van der Waals surface area contributed by atoms with Crippen molar-refractivity contribution in [2.24, 2.45) is 0 Å². The average molecular weight is 415 g/mol. The van der Waals surface area contributed by atoms with Crippen LogP contribution in [0.4, 0.5) is 24.5 Å². The number of quaternary nitrogens is 1. The lowest BCUT2D eigenvalue weighted by atomic mass is 10.2. The topological polar surface area (TPSA) is 46.0 Å². The van der Waals surface area contributed by atoms with Gasteiger partial charge in [-0.3, -0.25) is 4.79 Å². The zero-order valence-corrected chi connectivity index (χ0v) is 15.7. The van der Waals surface area contributed by atoms with Crippen molar-refractivity contribution in [1.82, 2.24) is 0 Å². The van der Waals surface area contributed by atoms with E-state index in [0.29, 0.717) is 17.3 Å². The van der Waals surface area contributed by atoms with E-state index in [0.717, 1.165) is 36.8 Å². The van der Waals surface area contributed by atoms with Gasteiger partial charge in [-0.1, -0.05) is 17.7 Å². The van der Waals surface area contributed by atoms with Gasteiger partial charge in [-0.25, -0.2) is 0 Å². The van der Waals surface area contributed by atoms with Gasteiger partial charge in [0.15, 0.2) is 6.54 Å². The lowest BCUT2D eigenvalue weighted by Gasteiger charge is -2.33. The van der Waals surface area contributed by atoms with Gasteiger partial charge in [0.25, 0.3) is 5.91 Å². The van der Waals surface area contributed by atoms with Crippen LogP contribution in [-0.4, -0.2) is 45.0 Å². The van der Waals surface area contributed by atoms with Crippen LogP contribution in [0.25, 0.3) is 0 Å². The van der Waals surface area contributed by atoms with E-state index in [1.54, 1.807) is 0 Å². The number of nitrogens with one attached hydrogen (secondary N) is 2. The third-order valence-electron chi connectivity index (χ3n) is 4.43. The van der Waals surface area contributed by atoms with Crippen LogP contribution in [-0.2, 0) is 4.79 Å². The van der Waals surface area contributed by atoms with E-state index in [9.17, 15) is 18.0 Å². The molecule has 0 radical (unpaired) electrons. The van der Waals surface area contributed by atoms with E-state index >= 15 is 0 Å². The first kappa shape index (κ1) is 20.3. The van der Waals surface area contributed by atoms with E-state index in [1.165, 1.54) is 24.3 Å². The number of ether oxygens (including phenoxy) is 1. The number of alkyl halides is 3. The summed E-state index contributed by atoms with van der Waals surface area (Å²) in [6.45, 7) is 3.53. The molecule has 28 heavy (non-hydrogen) atoms. The van der Waals surface area contributed by atoms with Gasteiger partial charge in [0, 0.05) is 16.4 Å². The largest absolute Gasteiger partial charge is 0.573 e. The van der Waals surface area contributed by atoms with Crippen LogP contribution < -0.4 is 19.9 Å². The van der Waals surface area contributed by atoms with Gasteiger partial charge in [0.1, 0.15) is 5.75 Å². The van der Waals surface area contributed by atoms with Crippen molar-refractivity contribution in [3.05, 3.63) is 53.6 Å². The van der Waals surface area contributed by atoms with E-state index < -0.39 is 6.36 Å². The molecule has 9 heteroatoms. The maximum absolute atomic E-state index is 12.2. The Labute approximate surface area is 165 Å². The van der Waals surface area contributed by atoms with Crippen molar-refractivity contribution in [3.63, 3.8) is 0 Å². The number of carbonyl (C=O) groups excluding carboxylic acids is 1. The van der Waals surface area contributed by atoms with Gasteiger partial charge >= 0.3 is 6.36 Å². The summed E-state index contributed by atoms with van der Waals surface area (Å²) in [5.74, 6) is -0.510. The quantitative estimate of drug-likeness (QED) is 0.790. The number of anilines is 2. The summed E-state index contributed by atoms with van der Waals surface area (Å²) in [6.07, 6.45) is -4.73. The second-order valence-corrected chi connectivity index (χ2v) is 6.95. The van der Waals surface area contributed by atoms with E-state index in [4.69, 9.17) is 11.6 Å². The standard InChI is InChI=1S/C19H19ClF3N3O2/c20-14-2-1-3-16(12-14)26-10-8-25(9-11-26)13-18(27)24-15-4-6-17(7-5-15)28-19(21,22)23/h1-7,12H,8-11,13H2,(H,24,27)/p+1. The molecule has 2 aromatic carbocycles. The number of carbonyl (C=O) groups is 1. The van der Waals surface area contributed by atoms with Gasteiger partial charge in [0.05, 0.1) is 26.2 Å². The third-order valence-corrected chi connectivity index (χ3v) is 4.66. The van der Waals surface area contributed by atoms with Crippen LogP contribution in [0, 0.1) is 0 Å². The van der Waals surface area contributed by atoms with Crippen molar-refractivity contribution in [2.45, 2.75) is 6.36 Å². The molecule has 5 nitrogen and oxygen atoms in total. The first-order valence-electron chi connectivity index (χ1n) is 8.78. The molecule has 1 amide bonds. The molecule has 0 aromatic heterocycles. The molecule has 2 N–H and O–H groups in total. The summed E-state index contributed by atoms with van der Waals surface area (Å²) in [5.41, 5.74) is 1.49. The van der Waals surface area contributed by atoms with E-state index in [-0.39, 0.29) is 11.7 Å². The predicted octanol–water partition coefficient (Wildman–Crippen LogP) is 2.58. The predicted molar refractivity (Wildman–Crippen MR) is 101 cm³/mol. The molecular weight excluding hydrogens is 395 g/mol. The van der Waals surface area contributed by atoms with Gasteiger partial charge in [-0.15, -0.1) is 13.2 Å². The first-order chi connectivity index (χ1) is 13.3. The van der Waals surface area contributed by atoms with Crippen LogP contribution in [0.5, 0.6) is 5.75 Å². The fourth-order valence-corrected chi connectivity index (χ4v) is 3.29. The van der Waals surface area contributed by atoms with Crippen molar-refractivity contribution in [1.29, 1.82) is 0 Å². The number of piperazine rings is 1. The fraction of sp³-hybridized carbons (Fsp3) is 0.316. The van der Waals surface area contributed by atoms with Crippen molar-refractivity contribution in [2.75, 3.05) is 42.9 Å². The molecule has 1 fully saturated rings. The average Bonchev–Trinajstić information content (AvgIpc) is 2.63. The van der Waals surface area contributed by atoms with Gasteiger partial charge in [-0.2, -0.15) is 0 Å². The van der Waals surface area contributed by atoms with Crippen LogP contribution >= 0.6 is 11.6 Å². The first-order valence-corrected chi connectivity index (χ1v) is 9.16. The number of amides is 1. The molecule has 1 saturated heterocycles. The number of rotatable bonds is 5. The summed E-state index contributed by atoms with van der Waals surface area (Å²) in [4.78, 5) is 15.6. The number of hydrogen-bond donors (Lipinski definition) is 2. The van der Waals surface area contributed by atoms with Crippen LogP contribution in [0.2, 0.25) is 5.02 Å². The number of halogens is 4. The molecular formula is C19H20ClF3N3O2+. The zero-order chi connectivity index (χ0) is 20.1. The van der Waals surface area contributed by atoms with Gasteiger partial charge in [0.2, 0.25) is 0 Å². The normalized spacial score (nSPS) is 15.4. The highest BCUT2D eigenvalue weighted by atomic mass is 35.5. The minimum atomic E-state index is -4.73. The third kappa shape index (κ3) is 6.03. The monoisotopic (exact) mass is 414 g/mol. The summed E-state index contributed by atoms with van der Waals surface area (Å²) in [5, 5.41) is 3.39. The number of benzene rings is 2. The van der Waals surface area contributed by atoms with Gasteiger partial charge in [-0.05, 0) is 42.5 Å². The molecule has 0 bridgehead atoms. The second kappa shape index (κ2) is 8.70. The Morgan fingerprint density at radius 3 is 2.43 bits per heavy atom. The Bertz CT molecular complexity index is 807. The molecule has 1 heterocycles. The molecule has 0 unspecified atom stereocenters. The fourth-order valence-electron chi connectivity index (χ4n) is 3.10. The maximum atomic E-state index is 12.2. The Hall–Kier alpha value is -2.45. The van der Waals surface area contributed by atoms with Crippen molar-refractivity contribution in [3.8, 4) is 5.75 Å². The second-order valence-electron chi connectivity index (χ2n) is 6.51. The molecule has 3 rings (SSSR count). The number of hydrogen-bond acceptors (Lipinski definition) is 3. The van der Waals surface area contributed by atoms with Crippen molar-refractivity contribution < 1.29 is 27.6 Å². The summed E-state index contributed by atoms with van der Waals surface area (Å²) in [6, 6.07) is 12.8. The molecule has 0 spiro atoms. The number of nitrogens with zero attached hydrogens (tertiary/aromatic N) is 1. The molecule has 1 aliphatic heterocycles. The highest BCUT2D eigenvalue weighted by Crippen LogP contribution is 2.24. The van der Waals surface area contributed by atoms with Crippen molar-refractivity contribution >= 4 is 28.9 Å². The molecule has 0 atom stereocenters. The van der Waals surface area contributed by atoms with Crippen LogP contribution in [0.1, 0.15) is 0 Å². The van der Waals surface area contributed by atoms with E-state index in [2.05, 4.69) is 15.0 Å². The lowest BCUT2D eigenvalue weighted by Crippen LogP contribution is -3.15. The highest BCUT2D eigenvalue weighted by Gasteiger charge is 2.31. The summed E-state index contributed by atoms with van der Waals surface area (Å²) >= 11 is 6.03.